The maximum absolute atomic E-state index is 5.95. The van der Waals surface area contributed by atoms with Crippen LogP contribution in [-0.4, -0.2) is 11.0 Å². The van der Waals surface area contributed by atoms with Crippen molar-refractivity contribution in [2.75, 3.05) is 0 Å². The summed E-state index contributed by atoms with van der Waals surface area (Å²) in [6.07, 6.45) is 7.22. The second-order valence-electron chi connectivity index (χ2n) is 4.92. The van der Waals surface area contributed by atoms with E-state index in [2.05, 4.69) is 18.8 Å². The first-order valence-corrected chi connectivity index (χ1v) is 7.24. The normalized spacial score (nSPS) is 25.9. The zero-order valence-electron chi connectivity index (χ0n) is 10.3. The molecule has 1 saturated carbocycles. The van der Waals surface area contributed by atoms with Crippen molar-refractivity contribution in [3.8, 4) is 0 Å². The molecule has 90 valence electrons. The summed E-state index contributed by atoms with van der Waals surface area (Å²) < 4.78 is 0. The Morgan fingerprint density at radius 1 is 1.31 bits per heavy atom. The third-order valence-corrected chi connectivity index (χ3v) is 4.86. The fourth-order valence-electron chi connectivity index (χ4n) is 2.55. The molecule has 0 bridgehead atoms. The van der Waals surface area contributed by atoms with Crippen molar-refractivity contribution in [3.05, 3.63) is 15.6 Å². The van der Waals surface area contributed by atoms with E-state index < -0.39 is 0 Å². The summed E-state index contributed by atoms with van der Waals surface area (Å²) in [5.41, 5.74) is 7.23. The fourth-order valence-corrected chi connectivity index (χ4v) is 3.89. The Balaban J connectivity index is 2.08. The van der Waals surface area contributed by atoms with Gasteiger partial charge < -0.3 is 5.73 Å². The molecule has 0 atom stereocenters. The van der Waals surface area contributed by atoms with Gasteiger partial charge in [0, 0.05) is 10.9 Å². The number of hydrogen-bond acceptors (Lipinski definition) is 3. The highest BCUT2D eigenvalue weighted by atomic mass is 32.1. The van der Waals surface area contributed by atoms with Gasteiger partial charge in [-0.2, -0.15) is 0 Å². The van der Waals surface area contributed by atoms with Crippen molar-refractivity contribution in [3.63, 3.8) is 0 Å². The molecule has 1 fully saturated rings. The molecule has 1 heterocycles. The zero-order valence-corrected chi connectivity index (χ0v) is 11.1. The van der Waals surface area contributed by atoms with Crippen molar-refractivity contribution in [1.29, 1.82) is 0 Å². The Morgan fingerprint density at radius 3 is 2.62 bits per heavy atom. The van der Waals surface area contributed by atoms with Crippen molar-refractivity contribution < 1.29 is 0 Å². The van der Waals surface area contributed by atoms with Gasteiger partial charge in [0.2, 0.25) is 0 Å². The van der Waals surface area contributed by atoms with Crippen molar-refractivity contribution in [1.82, 2.24) is 4.98 Å². The summed E-state index contributed by atoms with van der Waals surface area (Å²) in [7, 11) is 0. The van der Waals surface area contributed by atoms with Crippen LogP contribution >= 0.6 is 11.3 Å². The van der Waals surface area contributed by atoms with E-state index in [4.69, 9.17) is 5.73 Å². The molecular weight excluding hydrogens is 216 g/mol. The summed E-state index contributed by atoms with van der Waals surface area (Å²) in [5, 5.41) is 1.32. The molecule has 2 rings (SSSR count). The van der Waals surface area contributed by atoms with E-state index in [1.54, 1.807) is 0 Å². The van der Waals surface area contributed by atoms with Crippen LogP contribution in [0.1, 0.15) is 60.5 Å². The molecular formula is C13H22N2S. The van der Waals surface area contributed by atoms with Crippen molar-refractivity contribution in [2.45, 2.75) is 64.3 Å². The Labute approximate surface area is 102 Å². The largest absolute Gasteiger partial charge is 0.328 e. The van der Waals surface area contributed by atoms with Gasteiger partial charge in [0.15, 0.2) is 0 Å². The number of aryl methyl sites for hydroxylation is 2. The third kappa shape index (κ3) is 2.64. The lowest BCUT2D eigenvalue weighted by molar-refractivity contribution is 0.398. The minimum absolute atomic E-state index is 0.444. The molecule has 0 aliphatic heterocycles. The van der Waals surface area contributed by atoms with Crippen LogP contribution in [0.25, 0.3) is 0 Å². The van der Waals surface area contributed by atoms with Gasteiger partial charge in [-0.05, 0) is 51.4 Å². The second-order valence-corrected chi connectivity index (χ2v) is 6.03. The smallest absolute Gasteiger partial charge is 0.0930 e. The summed E-state index contributed by atoms with van der Waals surface area (Å²) >= 11 is 1.94. The van der Waals surface area contributed by atoms with Gasteiger partial charge >= 0.3 is 0 Å². The van der Waals surface area contributed by atoms with Crippen LogP contribution in [-0.2, 0) is 6.42 Å². The van der Waals surface area contributed by atoms with Crippen LogP contribution in [0.2, 0.25) is 0 Å². The highest BCUT2D eigenvalue weighted by Gasteiger charge is 2.23. The Morgan fingerprint density at radius 2 is 2.00 bits per heavy atom. The zero-order chi connectivity index (χ0) is 11.5. The maximum Gasteiger partial charge on any atom is 0.0930 e. The van der Waals surface area contributed by atoms with Gasteiger partial charge in [0.1, 0.15) is 0 Å². The van der Waals surface area contributed by atoms with Gasteiger partial charge in [-0.25, -0.2) is 4.98 Å². The third-order valence-electron chi connectivity index (χ3n) is 3.48. The number of thiazole rings is 1. The molecule has 1 aliphatic carbocycles. The lowest BCUT2D eigenvalue weighted by atomic mass is 9.85. The molecule has 1 aromatic rings. The van der Waals surface area contributed by atoms with E-state index in [0.29, 0.717) is 6.04 Å². The number of nitrogens with zero attached hydrogens (tertiary/aromatic N) is 1. The SMILES string of the molecule is CCCc1nc(C)c(C2CCC(N)CC2)s1. The summed E-state index contributed by atoms with van der Waals surface area (Å²) in [4.78, 5) is 6.22. The molecule has 0 radical (unpaired) electrons. The molecule has 0 amide bonds. The van der Waals surface area contributed by atoms with E-state index >= 15 is 0 Å². The van der Waals surface area contributed by atoms with Crippen LogP contribution in [0.4, 0.5) is 0 Å². The monoisotopic (exact) mass is 238 g/mol. The average Bonchev–Trinajstić information content (AvgIpc) is 2.61. The average molecular weight is 238 g/mol. The molecule has 3 heteroatoms. The minimum Gasteiger partial charge on any atom is -0.328 e. The molecule has 2 nitrogen and oxygen atoms in total. The van der Waals surface area contributed by atoms with Gasteiger partial charge in [0.25, 0.3) is 0 Å². The van der Waals surface area contributed by atoms with Crippen molar-refractivity contribution >= 4 is 11.3 Å². The summed E-state index contributed by atoms with van der Waals surface area (Å²) in [6, 6.07) is 0.444. The predicted octanol–water partition coefficient (Wildman–Crippen LogP) is 3.39. The standard InChI is InChI=1S/C13H22N2S/c1-3-4-12-15-9(2)13(16-12)10-5-7-11(14)8-6-10/h10-11H,3-8,14H2,1-2H3. The van der Waals surface area contributed by atoms with Crippen LogP contribution in [0.5, 0.6) is 0 Å². The maximum atomic E-state index is 5.95. The van der Waals surface area contributed by atoms with Gasteiger partial charge in [-0.3, -0.25) is 0 Å². The first-order valence-electron chi connectivity index (χ1n) is 6.42. The van der Waals surface area contributed by atoms with E-state index in [1.807, 2.05) is 11.3 Å². The quantitative estimate of drug-likeness (QED) is 0.876. The van der Waals surface area contributed by atoms with Crippen LogP contribution in [0.15, 0.2) is 0 Å². The van der Waals surface area contributed by atoms with Crippen LogP contribution in [0.3, 0.4) is 0 Å². The lowest BCUT2D eigenvalue weighted by Gasteiger charge is -2.25. The first kappa shape index (κ1) is 12.1. The molecule has 0 unspecified atom stereocenters. The molecule has 0 spiro atoms. The highest BCUT2D eigenvalue weighted by molar-refractivity contribution is 7.11. The molecule has 2 N–H and O–H groups in total. The lowest BCUT2D eigenvalue weighted by Crippen LogP contribution is -2.25. The van der Waals surface area contributed by atoms with Crippen molar-refractivity contribution in [2.24, 2.45) is 5.73 Å². The van der Waals surface area contributed by atoms with E-state index in [9.17, 15) is 0 Å². The summed E-state index contributed by atoms with van der Waals surface area (Å²) in [6.45, 7) is 4.38. The first-order chi connectivity index (χ1) is 7.70. The van der Waals surface area contributed by atoms with Gasteiger partial charge in [-0.15, -0.1) is 11.3 Å². The van der Waals surface area contributed by atoms with E-state index in [1.165, 1.54) is 47.7 Å². The molecule has 1 aliphatic rings. The number of aromatic nitrogens is 1. The topological polar surface area (TPSA) is 38.9 Å². The molecule has 0 saturated heterocycles. The second kappa shape index (κ2) is 5.28. The number of rotatable bonds is 3. The fraction of sp³-hybridized carbons (Fsp3) is 0.769. The van der Waals surface area contributed by atoms with Gasteiger partial charge in [0.05, 0.1) is 10.7 Å². The minimum atomic E-state index is 0.444. The van der Waals surface area contributed by atoms with Crippen LogP contribution < -0.4 is 5.73 Å². The van der Waals surface area contributed by atoms with Crippen LogP contribution in [0, 0.1) is 6.92 Å². The number of nitrogens with two attached hydrogens (primary N) is 1. The molecule has 16 heavy (non-hydrogen) atoms. The molecule has 0 aromatic carbocycles. The van der Waals surface area contributed by atoms with Gasteiger partial charge in [-0.1, -0.05) is 6.92 Å². The number of hydrogen-bond donors (Lipinski definition) is 1. The predicted molar refractivity (Wildman–Crippen MR) is 70.0 cm³/mol. The van der Waals surface area contributed by atoms with E-state index in [0.717, 1.165) is 12.3 Å². The molecule has 1 aromatic heterocycles. The highest BCUT2D eigenvalue weighted by Crippen LogP contribution is 2.37. The Bertz CT molecular complexity index is 338. The Hall–Kier alpha value is -0.410. The Kier molecular flexibility index (Phi) is 3.98. The van der Waals surface area contributed by atoms with E-state index in [-0.39, 0.29) is 0 Å². The summed E-state index contributed by atoms with van der Waals surface area (Å²) in [5.74, 6) is 0.739.